The van der Waals surface area contributed by atoms with Crippen LogP contribution in [0.15, 0.2) is 59.7 Å². The van der Waals surface area contributed by atoms with Crippen molar-refractivity contribution in [1.29, 1.82) is 0 Å². The Labute approximate surface area is 173 Å². The van der Waals surface area contributed by atoms with E-state index in [0.717, 1.165) is 12.3 Å². The lowest BCUT2D eigenvalue weighted by Crippen LogP contribution is -2.34. The maximum atomic E-state index is 13.1. The number of carbonyl (C=O) groups is 1. The smallest absolute Gasteiger partial charge is 0.323 e. The molecule has 0 bridgehead atoms. The van der Waals surface area contributed by atoms with E-state index in [1.165, 1.54) is 17.2 Å². The van der Waals surface area contributed by atoms with Crippen molar-refractivity contribution in [3.8, 4) is 0 Å². The first-order chi connectivity index (χ1) is 13.8. The predicted octanol–water partition coefficient (Wildman–Crippen LogP) is 4.45. The van der Waals surface area contributed by atoms with E-state index in [0.29, 0.717) is 21.7 Å². The van der Waals surface area contributed by atoms with Crippen LogP contribution in [0.4, 0.5) is 13.2 Å². The molecule has 0 saturated carbocycles. The average Bonchev–Trinajstić information content (AvgIpc) is 2.72. The standard InChI is InChI=1S/C19H15BrF3N5O/c1-12(17-24-7-2-8-25-17)28(18(29)13-3-6-16(20)27-9-13)11-15-5-4-14(10-26-15)19(21,22)23/h2-10,12H,11H2,1H3. The molecule has 0 aliphatic carbocycles. The van der Waals surface area contributed by atoms with Crippen molar-refractivity contribution in [3.63, 3.8) is 0 Å². The molecule has 6 nitrogen and oxygen atoms in total. The van der Waals surface area contributed by atoms with E-state index < -0.39 is 17.8 Å². The van der Waals surface area contributed by atoms with Gasteiger partial charge in [-0.15, -0.1) is 0 Å². The molecule has 0 N–H and O–H groups in total. The summed E-state index contributed by atoms with van der Waals surface area (Å²) in [5.74, 6) is 0.0319. The first-order valence-electron chi connectivity index (χ1n) is 8.47. The number of pyridine rings is 2. The number of alkyl halides is 3. The van der Waals surface area contributed by atoms with Crippen molar-refractivity contribution in [2.24, 2.45) is 0 Å². The molecule has 0 aliphatic rings. The highest BCUT2D eigenvalue weighted by Gasteiger charge is 2.31. The van der Waals surface area contributed by atoms with Crippen LogP contribution in [-0.4, -0.2) is 30.7 Å². The van der Waals surface area contributed by atoms with Crippen LogP contribution in [0, 0.1) is 0 Å². The van der Waals surface area contributed by atoms with Crippen LogP contribution in [0.25, 0.3) is 0 Å². The molecule has 1 unspecified atom stereocenters. The van der Waals surface area contributed by atoms with E-state index in [4.69, 9.17) is 0 Å². The molecule has 1 atom stereocenters. The fraction of sp³-hybridized carbons (Fsp3) is 0.211. The highest BCUT2D eigenvalue weighted by molar-refractivity contribution is 9.10. The topological polar surface area (TPSA) is 71.9 Å². The van der Waals surface area contributed by atoms with Gasteiger partial charge in [0.15, 0.2) is 0 Å². The molecule has 0 aromatic carbocycles. The van der Waals surface area contributed by atoms with Crippen molar-refractivity contribution < 1.29 is 18.0 Å². The molecular weight excluding hydrogens is 451 g/mol. The van der Waals surface area contributed by atoms with Gasteiger partial charge < -0.3 is 4.90 Å². The van der Waals surface area contributed by atoms with Gasteiger partial charge in [-0.1, -0.05) is 0 Å². The third kappa shape index (κ3) is 5.14. The third-order valence-electron chi connectivity index (χ3n) is 4.15. The van der Waals surface area contributed by atoms with Crippen LogP contribution in [0.2, 0.25) is 0 Å². The Hall–Kier alpha value is -2.88. The number of amides is 1. The van der Waals surface area contributed by atoms with Gasteiger partial charge in [0.05, 0.1) is 29.4 Å². The van der Waals surface area contributed by atoms with Crippen molar-refractivity contribution in [3.05, 3.63) is 82.4 Å². The van der Waals surface area contributed by atoms with Crippen LogP contribution < -0.4 is 0 Å². The van der Waals surface area contributed by atoms with Crippen LogP contribution in [-0.2, 0) is 12.7 Å². The van der Waals surface area contributed by atoms with Gasteiger partial charge in [-0.3, -0.25) is 9.78 Å². The van der Waals surface area contributed by atoms with Crippen LogP contribution >= 0.6 is 15.9 Å². The largest absolute Gasteiger partial charge is 0.417 e. The molecule has 0 saturated heterocycles. The predicted molar refractivity (Wildman–Crippen MR) is 101 cm³/mol. The van der Waals surface area contributed by atoms with Gasteiger partial charge in [-0.05, 0) is 53.2 Å². The van der Waals surface area contributed by atoms with Crippen molar-refractivity contribution in [1.82, 2.24) is 24.8 Å². The minimum absolute atomic E-state index is 0.0214. The zero-order valence-corrected chi connectivity index (χ0v) is 16.7. The molecule has 150 valence electrons. The van der Waals surface area contributed by atoms with Gasteiger partial charge in [0.1, 0.15) is 10.4 Å². The second kappa shape index (κ2) is 8.64. The molecule has 3 heterocycles. The molecule has 3 aromatic rings. The molecule has 0 radical (unpaired) electrons. The van der Waals surface area contributed by atoms with Gasteiger partial charge in [0.25, 0.3) is 5.91 Å². The van der Waals surface area contributed by atoms with Crippen molar-refractivity contribution in [2.45, 2.75) is 25.7 Å². The number of nitrogens with zero attached hydrogens (tertiary/aromatic N) is 5. The van der Waals surface area contributed by atoms with Gasteiger partial charge in [-0.2, -0.15) is 13.2 Å². The lowest BCUT2D eigenvalue weighted by molar-refractivity contribution is -0.137. The lowest BCUT2D eigenvalue weighted by atomic mass is 10.1. The third-order valence-corrected chi connectivity index (χ3v) is 4.62. The normalized spacial score (nSPS) is 12.4. The molecular formula is C19H15BrF3N5O. The first-order valence-corrected chi connectivity index (χ1v) is 9.26. The highest BCUT2D eigenvalue weighted by atomic mass is 79.9. The van der Waals surface area contributed by atoms with Crippen LogP contribution in [0.3, 0.4) is 0 Å². The summed E-state index contributed by atoms with van der Waals surface area (Å²) in [7, 11) is 0. The molecule has 1 amide bonds. The summed E-state index contributed by atoms with van der Waals surface area (Å²) in [5.41, 5.74) is -0.224. The van der Waals surface area contributed by atoms with E-state index in [2.05, 4.69) is 35.9 Å². The van der Waals surface area contributed by atoms with Crippen molar-refractivity contribution in [2.75, 3.05) is 0 Å². The Balaban J connectivity index is 1.92. The quantitative estimate of drug-likeness (QED) is 0.520. The summed E-state index contributed by atoms with van der Waals surface area (Å²) in [6, 6.07) is 6.53. The maximum Gasteiger partial charge on any atom is 0.417 e. The number of aromatic nitrogens is 4. The molecule has 29 heavy (non-hydrogen) atoms. The lowest BCUT2D eigenvalue weighted by Gasteiger charge is -2.28. The monoisotopic (exact) mass is 465 g/mol. The second-order valence-corrected chi connectivity index (χ2v) is 6.93. The Kier molecular flexibility index (Phi) is 6.21. The van der Waals surface area contributed by atoms with E-state index in [1.807, 2.05) is 0 Å². The highest BCUT2D eigenvalue weighted by Crippen LogP contribution is 2.29. The minimum atomic E-state index is -4.48. The Morgan fingerprint density at radius 1 is 1.07 bits per heavy atom. The van der Waals surface area contributed by atoms with Gasteiger partial charge >= 0.3 is 6.18 Å². The fourth-order valence-electron chi connectivity index (χ4n) is 2.58. The molecule has 0 aliphatic heterocycles. The molecule has 10 heteroatoms. The number of halogens is 4. The summed E-state index contributed by atoms with van der Waals surface area (Å²) in [5, 5.41) is 0. The maximum absolute atomic E-state index is 13.1. The molecule has 3 rings (SSSR count). The number of rotatable bonds is 5. The van der Waals surface area contributed by atoms with Crippen LogP contribution in [0.5, 0.6) is 0 Å². The Morgan fingerprint density at radius 3 is 2.34 bits per heavy atom. The Morgan fingerprint density at radius 2 is 1.79 bits per heavy atom. The van der Waals surface area contributed by atoms with Gasteiger partial charge in [0.2, 0.25) is 0 Å². The van der Waals surface area contributed by atoms with Crippen LogP contribution in [0.1, 0.15) is 40.4 Å². The van der Waals surface area contributed by atoms with Gasteiger partial charge in [-0.25, -0.2) is 15.0 Å². The van der Waals surface area contributed by atoms with Crippen molar-refractivity contribution >= 4 is 21.8 Å². The zero-order valence-electron chi connectivity index (χ0n) is 15.1. The summed E-state index contributed by atoms with van der Waals surface area (Å²) < 4.78 is 38.9. The minimum Gasteiger partial charge on any atom is -0.323 e. The Bertz CT molecular complexity index is 966. The van der Waals surface area contributed by atoms with E-state index in [9.17, 15) is 18.0 Å². The molecule has 0 spiro atoms. The number of hydrogen-bond donors (Lipinski definition) is 0. The van der Waals surface area contributed by atoms with Gasteiger partial charge in [0, 0.05) is 24.8 Å². The molecule has 0 fully saturated rings. The number of carbonyl (C=O) groups excluding carboxylic acids is 1. The average molecular weight is 466 g/mol. The second-order valence-electron chi connectivity index (χ2n) is 6.12. The van der Waals surface area contributed by atoms with E-state index >= 15 is 0 Å². The van der Waals surface area contributed by atoms with E-state index in [1.54, 1.807) is 37.5 Å². The summed E-state index contributed by atoms with van der Waals surface area (Å²) in [6.45, 7) is 1.72. The zero-order chi connectivity index (χ0) is 21.0. The van der Waals surface area contributed by atoms with E-state index in [-0.39, 0.29) is 12.5 Å². The summed E-state index contributed by atoms with van der Waals surface area (Å²) >= 11 is 3.22. The summed E-state index contributed by atoms with van der Waals surface area (Å²) in [4.78, 5) is 30.8. The fourth-order valence-corrected chi connectivity index (χ4v) is 2.81. The molecule has 3 aromatic heterocycles. The number of hydrogen-bond acceptors (Lipinski definition) is 5. The first kappa shape index (κ1) is 20.8. The summed E-state index contributed by atoms with van der Waals surface area (Å²) in [6.07, 6.45) is 0.800. The SMILES string of the molecule is CC(c1ncccn1)N(Cc1ccc(C(F)(F)F)cn1)C(=O)c1ccc(Br)nc1.